The molecule has 0 saturated carbocycles. The monoisotopic (exact) mass is 425 g/mol. The number of fused-ring (bicyclic) bond motifs is 1. The van der Waals surface area contributed by atoms with Crippen LogP contribution in [0.25, 0.3) is 0 Å². The summed E-state index contributed by atoms with van der Waals surface area (Å²) in [5.41, 5.74) is 0.778. The summed E-state index contributed by atoms with van der Waals surface area (Å²) in [6.07, 6.45) is 1.18. The number of esters is 1. The third-order valence-corrected chi connectivity index (χ3v) is 6.24. The van der Waals surface area contributed by atoms with Crippen LogP contribution in [0.3, 0.4) is 0 Å². The Hall–Kier alpha value is -3.65. The maximum atomic E-state index is 13.8. The number of anilines is 2. The average molecular weight is 425 g/mol. The van der Waals surface area contributed by atoms with Crippen LogP contribution in [0.5, 0.6) is 11.5 Å². The van der Waals surface area contributed by atoms with Gasteiger partial charge in [0.2, 0.25) is 9.84 Å². The standard InChI is InChI=1S/C22H16FNO5S/c1-28-22(25)21-14-24(19-12-7-15(23)13-20(19)30(21,26)27)16-8-10-18(11-9-16)29-17-5-3-2-4-6-17/h2-14H,1H3. The Morgan fingerprint density at radius 3 is 2.27 bits per heavy atom. The van der Waals surface area contributed by atoms with Gasteiger partial charge >= 0.3 is 5.97 Å². The lowest BCUT2D eigenvalue weighted by molar-refractivity contribution is -0.135. The number of benzene rings is 3. The van der Waals surface area contributed by atoms with Crippen LogP contribution in [0.1, 0.15) is 0 Å². The third-order valence-electron chi connectivity index (χ3n) is 4.49. The summed E-state index contributed by atoms with van der Waals surface area (Å²) in [5, 5.41) is 0. The van der Waals surface area contributed by atoms with E-state index in [2.05, 4.69) is 4.74 Å². The molecule has 152 valence electrons. The van der Waals surface area contributed by atoms with Crippen LogP contribution >= 0.6 is 0 Å². The maximum Gasteiger partial charge on any atom is 0.351 e. The fourth-order valence-corrected chi connectivity index (χ4v) is 4.55. The van der Waals surface area contributed by atoms with Crippen molar-refractivity contribution in [1.29, 1.82) is 0 Å². The number of nitrogens with zero attached hydrogens (tertiary/aromatic N) is 1. The van der Waals surface area contributed by atoms with Gasteiger partial charge < -0.3 is 14.4 Å². The van der Waals surface area contributed by atoms with E-state index in [1.165, 1.54) is 17.2 Å². The molecule has 4 rings (SSSR count). The van der Waals surface area contributed by atoms with E-state index in [0.717, 1.165) is 19.2 Å². The van der Waals surface area contributed by atoms with Crippen LogP contribution in [-0.4, -0.2) is 21.5 Å². The van der Waals surface area contributed by atoms with Gasteiger partial charge in [-0.15, -0.1) is 0 Å². The van der Waals surface area contributed by atoms with E-state index in [4.69, 9.17) is 4.74 Å². The Bertz CT molecular complexity index is 1240. The van der Waals surface area contributed by atoms with Crippen molar-refractivity contribution < 1.29 is 27.1 Å². The van der Waals surface area contributed by atoms with Crippen LogP contribution < -0.4 is 9.64 Å². The van der Waals surface area contributed by atoms with Crippen LogP contribution in [0.15, 0.2) is 88.8 Å². The molecule has 0 aliphatic carbocycles. The van der Waals surface area contributed by atoms with Crippen molar-refractivity contribution in [2.45, 2.75) is 4.90 Å². The van der Waals surface area contributed by atoms with E-state index < -0.39 is 26.5 Å². The topological polar surface area (TPSA) is 72.9 Å². The number of halogens is 1. The Balaban J connectivity index is 1.76. The number of para-hydroxylation sites is 1. The van der Waals surface area contributed by atoms with E-state index in [1.54, 1.807) is 24.3 Å². The third kappa shape index (κ3) is 3.53. The Kier molecular flexibility index (Phi) is 5.01. The number of methoxy groups -OCH3 is 1. The van der Waals surface area contributed by atoms with Crippen LogP contribution in [0, 0.1) is 5.82 Å². The Labute approximate surface area is 172 Å². The molecule has 0 unspecified atom stereocenters. The number of carbonyl (C=O) groups excluding carboxylic acids is 1. The van der Waals surface area contributed by atoms with Gasteiger partial charge in [-0.05, 0) is 54.6 Å². The first kappa shape index (κ1) is 19.7. The van der Waals surface area contributed by atoms with Crippen molar-refractivity contribution in [3.63, 3.8) is 0 Å². The first-order valence-corrected chi connectivity index (χ1v) is 10.4. The van der Waals surface area contributed by atoms with Gasteiger partial charge in [0.25, 0.3) is 0 Å². The lowest BCUT2D eigenvalue weighted by atomic mass is 10.2. The first-order chi connectivity index (χ1) is 14.4. The molecule has 0 spiro atoms. The van der Waals surface area contributed by atoms with Crippen LogP contribution in [0.4, 0.5) is 15.8 Å². The summed E-state index contributed by atoms with van der Waals surface area (Å²) in [6.45, 7) is 0. The molecule has 3 aromatic carbocycles. The number of ether oxygens (including phenoxy) is 2. The number of hydrogen-bond donors (Lipinski definition) is 0. The van der Waals surface area contributed by atoms with E-state index >= 15 is 0 Å². The normalized spacial score (nSPS) is 14.5. The second-order valence-electron chi connectivity index (χ2n) is 6.38. The van der Waals surface area contributed by atoms with E-state index in [9.17, 15) is 17.6 Å². The van der Waals surface area contributed by atoms with Crippen LogP contribution in [0.2, 0.25) is 0 Å². The van der Waals surface area contributed by atoms with E-state index in [-0.39, 0.29) is 10.6 Å². The minimum atomic E-state index is -4.23. The first-order valence-electron chi connectivity index (χ1n) is 8.87. The smallest absolute Gasteiger partial charge is 0.351 e. The second-order valence-corrected chi connectivity index (χ2v) is 8.27. The molecule has 30 heavy (non-hydrogen) atoms. The van der Waals surface area contributed by atoms with Crippen molar-refractivity contribution >= 4 is 27.2 Å². The largest absolute Gasteiger partial charge is 0.465 e. The molecule has 0 saturated heterocycles. The SMILES string of the molecule is COC(=O)C1=CN(c2ccc(Oc3ccccc3)cc2)c2ccc(F)cc2S1(=O)=O. The number of hydrogen-bond acceptors (Lipinski definition) is 6. The quantitative estimate of drug-likeness (QED) is 0.571. The maximum absolute atomic E-state index is 13.8. The van der Waals surface area contributed by atoms with Crippen LogP contribution in [-0.2, 0) is 19.4 Å². The summed E-state index contributed by atoms with van der Waals surface area (Å²) < 4.78 is 49.8. The molecule has 1 aliphatic heterocycles. The van der Waals surface area contributed by atoms with Crippen molar-refractivity contribution in [3.05, 3.63) is 89.7 Å². The van der Waals surface area contributed by atoms with E-state index in [1.807, 2.05) is 30.3 Å². The van der Waals surface area contributed by atoms with Crippen molar-refractivity contribution in [2.24, 2.45) is 0 Å². The zero-order valence-electron chi connectivity index (χ0n) is 15.8. The molecule has 6 nitrogen and oxygen atoms in total. The van der Waals surface area contributed by atoms with Gasteiger partial charge in [0.05, 0.1) is 17.7 Å². The molecule has 0 N–H and O–H groups in total. The molecule has 1 aliphatic rings. The fraction of sp³-hybridized carbons (Fsp3) is 0.0455. The number of carbonyl (C=O) groups is 1. The average Bonchev–Trinajstić information content (AvgIpc) is 2.75. The molecule has 3 aromatic rings. The lowest BCUT2D eigenvalue weighted by Crippen LogP contribution is -2.26. The molecule has 0 bridgehead atoms. The minimum Gasteiger partial charge on any atom is -0.465 e. The molecule has 1 heterocycles. The molecule has 0 atom stereocenters. The predicted molar refractivity (Wildman–Crippen MR) is 109 cm³/mol. The Morgan fingerprint density at radius 1 is 0.933 bits per heavy atom. The van der Waals surface area contributed by atoms with Gasteiger partial charge in [0.15, 0.2) is 4.91 Å². The number of rotatable bonds is 4. The number of sulfone groups is 1. The molecule has 0 fully saturated rings. The van der Waals surface area contributed by atoms with Crippen molar-refractivity contribution in [2.75, 3.05) is 12.0 Å². The second kappa shape index (κ2) is 7.64. The van der Waals surface area contributed by atoms with Gasteiger partial charge in [-0.25, -0.2) is 17.6 Å². The summed E-state index contributed by atoms with van der Waals surface area (Å²) in [6, 6.07) is 19.4. The summed E-state index contributed by atoms with van der Waals surface area (Å²) >= 11 is 0. The molecular weight excluding hydrogens is 409 g/mol. The van der Waals surface area contributed by atoms with Crippen molar-refractivity contribution in [3.8, 4) is 11.5 Å². The summed E-state index contributed by atoms with van der Waals surface area (Å²) in [5.74, 6) is -0.511. The predicted octanol–water partition coefficient (Wildman–Crippen LogP) is 4.56. The summed E-state index contributed by atoms with van der Waals surface area (Å²) in [7, 11) is -3.14. The minimum absolute atomic E-state index is 0.223. The van der Waals surface area contributed by atoms with Gasteiger partial charge in [-0.3, -0.25) is 0 Å². The molecule has 0 radical (unpaired) electrons. The zero-order chi connectivity index (χ0) is 21.3. The highest BCUT2D eigenvalue weighted by atomic mass is 32.2. The Morgan fingerprint density at radius 2 is 1.60 bits per heavy atom. The zero-order valence-corrected chi connectivity index (χ0v) is 16.6. The molecular formula is C22H16FNO5S. The molecule has 8 heteroatoms. The van der Waals surface area contributed by atoms with Gasteiger partial charge in [0.1, 0.15) is 17.3 Å². The van der Waals surface area contributed by atoms with Crippen molar-refractivity contribution in [1.82, 2.24) is 0 Å². The van der Waals surface area contributed by atoms with Gasteiger partial charge in [-0.1, -0.05) is 18.2 Å². The van der Waals surface area contributed by atoms with E-state index in [0.29, 0.717) is 17.2 Å². The molecule has 0 aromatic heterocycles. The highest BCUT2D eigenvalue weighted by Gasteiger charge is 2.36. The van der Waals surface area contributed by atoms with Gasteiger partial charge in [0, 0.05) is 11.9 Å². The van der Waals surface area contributed by atoms with Gasteiger partial charge in [-0.2, -0.15) is 0 Å². The molecule has 0 amide bonds. The fourth-order valence-electron chi connectivity index (χ4n) is 3.05. The highest BCUT2D eigenvalue weighted by Crippen LogP contribution is 2.40. The highest BCUT2D eigenvalue weighted by molar-refractivity contribution is 7.96. The summed E-state index contributed by atoms with van der Waals surface area (Å²) in [4.78, 5) is 12.7. The lowest BCUT2D eigenvalue weighted by Gasteiger charge is -2.28.